The number of alkyl halides is 3. The van der Waals surface area contributed by atoms with Crippen molar-refractivity contribution in [3.05, 3.63) is 23.9 Å². The number of aromatic nitrogens is 1. The predicted molar refractivity (Wildman–Crippen MR) is 91.8 cm³/mol. The first-order valence-electron chi connectivity index (χ1n) is 8.67. The molecule has 2 rings (SSSR count). The zero-order chi connectivity index (χ0) is 19.5. The van der Waals surface area contributed by atoms with Crippen molar-refractivity contribution in [3.63, 3.8) is 0 Å². The van der Waals surface area contributed by atoms with Crippen LogP contribution in [-0.2, 0) is 11.0 Å². The van der Waals surface area contributed by atoms with Gasteiger partial charge in [-0.3, -0.25) is 4.79 Å². The minimum atomic E-state index is -4.56. The van der Waals surface area contributed by atoms with E-state index in [1.54, 1.807) is 13.8 Å². The number of nitrogens with one attached hydrogen (secondary N) is 1. The molecule has 1 aromatic rings. The monoisotopic (exact) mass is 373 g/mol. The van der Waals surface area contributed by atoms with E-state index < -0.39 is 23.0 Å². The lowest BCUT2D eigenvalue weighted by molar-refractivity contribution is -0.139. The average molecular weight is 373 g/mol. The number of ether oxygens (including phenoxy) is 1. The van der Waals surface area contributed by atoms with Gasteiger partial charge in [-0.05, 0) is 52.8 Å². The molecule has 1 saturated heterocycles. The highest BCUT2D eigenvalue weighted by molar-refractivity contribution is 5.82. The van der Waals surface area contributed by atoms with E-state index in [1.165, 1.54) is 12.3 Å². The molecule has 0 aromatic carbocycles. The molecule has 2 heterocycles. The van der Waals surface area contributed by atoms with Crippen LogP contribution in [0.4, 0.5) is 13.2 Å². The Bertz CT molecular complexity index is 634. The third-order valence-electron chi connectivity index (χ3n) is 4.80. The maximum Gasteiger partial charge on any atom is 0.421 e. The summed E-state index contributed by atoms with van der Waals surface area (Å²) >= 11 is 0. The van der Waals surface area contributed by atoms with Gasteiger partial charge in [0.1, 0.15) is 12.2 Å². The van der Waals surface area contributed by atoms with Crippen molar-refractivity contribution in [3.8, 4) is 5.88 Å². The summed E-state index contributed by atoms with van der Waals surface area (Å²) in [7, 11) is 2.05. The van der Waals surface area contributed by atoms with Crippen LogP contribution in [0, 0.1) is 5.41 Å². The van der Waals surface area contributed by atoms with Crippen LogP contribution in [0.2, 0.25) is 0 Å². The van der Waals surface area contributed by atoms with Gasteiger partial charge in [0.2, 0.25) is 11.8 Å². The van der Waals surface area contributed by atoms with E-state index in [-0.39, 0.29) is 18.6 Å². The molecule has 0 bridgehead atoms. The summed E-state index contributed by atoms with van der Waals surface area (Å²) in [4.78, 5) is 18.5. The summed E-state index contributed by atoms with van der Waals surface area (Å²) in [6.45, 7) is 6.10. The van der Waals surface area contributed by atoms with Gasteiger partial charge in [-0.15, -0.1) is 0 Å². The average Bonchev–Trinajstić information content (AvgIpc) is 2.56. The molecule has 8 heteroatoms. The lowest BCUT2D eigenvalue weighted by atomic mass is 9.91. The molecule has 0 saturated carbocycles. The number of carbonyl (C=O) groups is 1. The summed E-state index contributed by atoms with van der Waals surface area (Å²) in [5.74, 6) is -0.738. The zero-order valence-electron chi connectivity index (χ0n) is 15.6. The van der Waals surface area contributed by atoms with Crippen molar-refractivity contribution in [2.75, 3.05) is 20.2 Å². The van der Waals surface area contributed by atoms with Crippen LogP contribution in [0.15, 0.2) is 18.3 Å². The van der Waals surface area contributed by atoms with Crippen molar-refractivity contribution in [2.45, 2.75) is 51.9 Å². The third-order valence-corrected chi connectivity index (χ3v) is 4.80. The smallest absolute Gasteiger partial charge is 0.421 e. The van der Waals surface area contributed by atoms with Crippen molar-refractivity contribution in [1.29, 1.82) is 0 Å². The number of hydrogen-bond donors (Lipinski definition) is 1. The summed E-state index contributed by atoms with van der Waals surface area (Å²) in [5, 5.41) is 3.00. The number of halogens is 3. The maximum absolute atomic E-state index is 13.0. The van der Waals surface area contributed by atoms with E-state index in [4.69, 9.17) is 4.74 Å². The van der Waals surface area contributed by atoms with Crippen molar-refractivity contribution in [2.24, 2.45) is 5.41 Å². The Morgan fingerprint density at radius 1 is 1.42 bits per heavy atom. The quantitative estimate of drug-likeness (QED) is 0.862. The molecular formula is C18H26F3N3O2. The van der Waals surface area contributed by atoms with Crippen LogP contribution in [0.3, 0.4) is 0 Å². The van der Waals surface area contributed by atoms with E-state index in [0.717, 1.165) is 25.5 Å². The molecule has 1 aliphatic heterocycles. The second-order valence-electron chi connectivity index (χ2n) is 7.55. The Balaban J connectivity index is 1.97. The highest BCUT2D eigenvalue weighted by Crippen LogP contribution is 2.35. The van der Waals surface area contributed by atoms with Gasteiger partial charge < -0.3 is 15.0 Å². The van der Waals surface area contributed by atoms with Gasteiger partial charge in [-0.25, -0.2) is 4.98 Å². The molecule has 1 aromatic heterocycles. The molecule has 0 radical (unpaired) electrons. The zero-order valence-corrected chi connectivity index (χ0v) is 15.6. The van der Waals surface area contributed by atoms with Gasteiger partial charge in [-0.1, -0.05) is 0 Å². The van der Waals surface area contributed by atoms with Crippen molar-refractivity contribution in [1.82, 2.24) is 15.2 Å². The number of piperidine rings is 1. The normalized spacial score (nSPS) is 22.1. The molecule has 1 N–H and O–H groups in total. The number of nitrogens with zero attached hydrogens (tertiary/aromatic N) is 2. The fourth-order valence-corrected chi connectivity index (χ4v) is 2.84. The number of carbonyl (C=O) groups excluding carboxylic acids is 1. The minimum Gasteiger partial charge on any atom is -0.476 e. The SMILES string of the molecule is C[C@@H]1C[C@@H](NC(=O)C(C)(C)COc2ncccc2C(F)(F)F)CCN1C. The Morgan fingerprint density at radius 3 is 2.73 bits per heavy atom. The summed E-state index contributed by atoms with van der Waals surface area (Å²) in [6, 6.07) is 2.55. The Morgan fingerprint density at radius 2 is 2.12 bits per heavy atom. The topological polar surface area (TPSA) is 54.5 Å². The first kappa shape index (κ1) is 20.5. The largest absolute Gasteiger partial charge is 0.476 e. The van der Waals surface area contributed by atoms with Crippen LogP contribution < -0.4 is 10.1 Å². The number of pyridine rings is 1. The second-order valence-corrected chi connectivity index (χ2v) is 7.55. The van der Waals surface area contributed by atoms with Crippen molar-refractivity contribution >= 4 is 5.91 Å². The fraction of sp³-hybridized carbons (Fsp3) is 0.667. The minimum absolute atomic E-state index is 0.0635. The summed E-state index contributed by atoms with van der Waals surface area (Å²) < 4.78 is 44.3. The van der Waals surface area contributed by atoms with Gasteiger partial charge in [0, 0.05) is 24.8 Å². The molecule has 0 unspecified atom stereocenters. The van der Waals surface area contributed by atoms with Gasteiger partial charge in [-0.2, -0.15) is 13.2 Å². The number of hydrogen-bond acceptors (Lipinski definition) is 4. The van der Waals surface area contributed by atoms with E-state index in [2.05, 4.69) is 22.1 Å². The standard InChI is InChI=1S/C18H26F3N3O2/c1-12-10-13(7-9-24(12)4)23-16(25)17(2,3)11-26-15-14(18(19,20)21)6-5-8-22-15/h5-6,8,12-13H,7,9-11H2,1-4H3,(H,23,25)/t12-,13+/m1/s1. The first-order valence-corrected chi connectivity index (χ1v) is 8.67. The predicted octanol–water partition coefficient (Wildman–Crippen LogP) is 3.10. The van der Waals surface area contributed by atoms with Crippen LogP contribution in [0.25, 0.3) is 0 Å². The molecular weight excluding hydrogens is 347 g/mol. The molecule has 146 valence electrons. The lowest BCUT2D eigenvalue weighted by Gasteiger charge is -2.36. The van der Waals surface area contributed by atoms with E-state index >= 15 is 0 Å². The fourth-order valence-electron chi connectivity index (χ4n) is 2.84. The van der Waals surface area contributed by atoms with E-state index in [9.17, 15) is 18.0 Å². The summed E-state index contributed by atoms with van der Waals surface area (Å²) in [5.41, 5.74) is -1.92. The Kier molecular flexibility index (Phi) is 6.16. The maximum atomic E-state index is 13.0. The molecule has 2 atom stereocenters. The molecule has 1 amide bonds. The van der Waals surface area contributed by atoms with E-state index in [0.29, 0.717) is 6.04 Å². The molecule has 5 nitrogen and oxygen atoms in total. The van der Waals surface area contributed by atoms with Gasteiger partial charge in [0.15, 0.2) is 0 Å². The van der Waals surface area contributed by atoms with Crippen LogP contribution in [0.1, 0.15) is 39.2 Å². The summed E-state index contributed by atoms with van der Waals surface area (Å²) in [6.07, 6.45) is -1.63. The van der Waals surface area contributed by atoms with Crippen molar-refractivity contribution < 1.29 is 22.7 Å². The van der Waals surface area contributed by atoms with Crippen LogP contribution in [-0.4, -0.2) is 48.1 Å². The first-order chi connectivity index (χ1) is 12.0. The highest BCUT2D eigenvalue weighted by Gasteiger charge is 2.37. The van der Waals surface area contributed by atoms with E-state index in [1.807, 2.05) is 7.05 Å². The van der Waals surface area contributed by atoms with Crippen LogP contribution >= 0.6 is 0 Å². The molecule has 1 aliphatic rings. The highest BCUT2D eigenvalue weighted by atomic mass is 19.4. The third kappa shape index (κ3) is 5.09. The number of likely N-dealkylation sites (tertiary alicyclic amines) is 1. The molecule has 26 heavy (non-hydrogen) atoms. The molecule has 0 aliphatic carbocycles. The Labute approximate surface area is 151 Å². The second kappa shape index (κ2) is 7.82. The van der Waals surface area contributed by atoms with Crippen LogP contribution in [0.5, 0.6) is 5.88 Å². The number of amides is 1. The number of rotatable bonds is 5. The van der Waals surface area contributed by atoms with Gasteiger partial charge in [0.05, 0.1) is 5.41 Å². The Hall–Kier alpha value is -1.83. The molecule has 1 fully saturated rings. The van der Waals surface area contributed by atoms with Gasteiger partial charge in [0.25, 0.3) is 0 Å². The van der Waals surface area contributed by atoms with Gasteiger partial charge >= 0.3 is 6.18 Å². The molecule has 0 spiro atoms. The lowest BCUT2D eigenvalue weighted by Crippen LogP contribution is -2.51.